The van der Waals surface area contributed by atoms with E-state index in [1.807, 2.05) is 12.3 Å². The number of hydrogen-bond donors (Lipinski definition) is 2. The normalized spacial score (nSPS) is 13.0. The first-order chi connectivity index (χ1) is 7.22. The summed E-state index contributed by atoms with van der Waals surface area (Å²) in [5.74, 6) is 0.426. The molecular weight excluding hydrogens is 339 g/mol. The molecule has 1 rings (SSSR count). The van der Waals surface area contributed by atoms with E-state index >= 15 is 0 Å². The lowest BCUT2D eigenvalue weighted by atomic mass is 10.4. The second kappa shape index (κ2) is 8.71. The van der Waals surface area contributed by atoms with E-state index in [9.17, 15) is 0 Å². The standard InChI is InChI=1S/C9H16N4OS.HI/c1-7(6-14-2)13-9(10)12-5-8-11-3-4-15-8;/h3-4,7H,5-6H2,1-2H3,(H3,10,12,13);1H. The van der Waals surface area contributed by atoms with Gasteiger partial charge in [-0.3, -0.25) is 0 Å². The summed E-state index contributed by atoms with van der Waals surface area (Å²) in [5.41, 5.74) is 5.68. The van der Waals surface area contributed by atoms with Crippen LogP contribution in [-0.2, 0) is 11.3 Å². The van der Waals surface area contributed by atoms with Crippen LogP contribution in [0.5, 0.6) is 0 Å². The molecule has 1 aromatic rings. The maximum Gasteiger partial charge on any atom is 0.189 e. The molecule has 0 saturated heterocycles. The number of ether oxygens (including phenoxy) is 1. The molecule has 0 spiro atoms. The van der Waals surface area contributed by atoms with E-state index in [1.54, 1.807) is 24.6 Å². The highest BCUT2D eigenvalue weighted by molar-refractivity contribution is 14.0. The van der Waals surface area contributed by atoms with Crippen LogP contribution in [0.15, 0.2) is 16.6 Å². The van der Waals surface area contributed by atoms with Crippen molar-refractivity contribution in [1.82, 2.24) is 10.3 Å². The number of guanidine groups is 1. The Bertz CT molecular complexity index is 304. The Morgan fingerprint density at radius 3 is 3.06 bits per heavy atom. The van der Waals surface area contributed by atoms with Crippen LogP contribution >= 0.6 is 35.3 Å². The van der Waals surface area contributed by atoms with Crippen molar-refractivity contribution in [2.24, 2.45) is 10.7 Å². The highest BCUT2D eigenvalue weighted by Crippen LogP contribution is 2.04. The Hall–Kier alpha value is -0.410. The molecule has 0 bridgehead atoms. The number of aromatic nitrogens is 1. The summed E-state index contributed by atoms with van der Waals surface area (Å²) in [4.78, 5) is 8.27. The minimum Gasteiger partial charge on any atom is -0.383 e. The zero-order valence-electron chi connectivity index (χ0n) is 9.34. The number of nitrogens with two attached hydrogens (primary N) is 1. The quantitative estimate of drug-likeness (QED) is 0.473. The van der Waals surface area contributed by atoms with Crippen LogP contribution in [0.3, 0.4) is 0 Å². The first kappa shape index (κ1) is 15.6. The van der Waals surface area contributed by atoms with E-state index < -0.39 is 0 Å². The van der Waals surface area contributed by atoms with Crippen LogP contribution in [0.2, 0.25) is 0 Å². The second-order valence-electron chi connectivity index (χ2n) is 3.13. The smallest absolute Gasteiger partial charge is 0.189 e. The van der Waals surface area contributed by atoms with Crippen molar-refractivity contribution in [3.63, 3.8) is 0 Å². The predicted octanol–water partition coefficient (Wildman–Crippen LogP) is 1.20. The van der Waals surface area contributed by atoms with Gasteiger partial charge in [0, 0.05) is 24.7 Å². The number of rotatable bonds is 5. The predicted molar refractivity (Wildman–Crippen MR) is 77.3 cm³/mol. The Kier molecular flexibility index (Phi) is 8.49. The molecule has 1 unspecified atom stereocenters. The van der Waals surface area contributed by atoms with E-state index in [1.165, 1.54) is 0 Å². The highest BCUT2D eigenvalue weighted by atomic mass is 127. The molecule has 0 aliphatic carbocycles. The third kappa shape index (κ3) is 6.23. The molecule has 0 aliphatic heterocycles. The largest absolute Gasteiger partial charge is 0.383 e. The molecule has 16 heavy (non-hydrogen) atoms. The van der Waals surface area contributed by atoms with Crippen molar-refractivity contribution < 1.29 is 4.74 Å². The summed E-state index contributed by atoms with van der Waals surface area (Å²) in [6, 6.07) is 0.162. The van der Waals surface area contributed by atoms with Gasteiger partial charge in [0.1, 0.15) is 5.01 Å². The second-order valence-corrected chi connectivity index (χ2v) is 4.11. The van der Waals surface area contributed by atoms with Gasteiger partial charge in [0.15, 0.2) is 5.96 Å². The minimum atomic E-state index is 0. The molecule has 5 nitrogen and oxygen atoms in total. The van der Waals surface area contributed by atoms with Crippen LogP contribution in [-0.4, -0.2) is 30.7 Å². The number of nitrogens with zero attached hydrogens (tertiary/aromatic N) is 2. The number of methoxy groups -OCH3 is 1. The maximum atomic E-state index is 5.68. The molecule has 1 aromatic heterocycles. The zero-order valence-corrected chi connectivity index (χ0v) is 12.5. The maximum absolute atomic E-state index is 5.68. The molecular formula is C9H17IN4OS. The molecule has 3 N–H and O–H groups in total. The third-order valence-corrected chi connectivity index (χ3v) is 2.44. The third-order valence-electron chi connectivity index (χ3n) is 1.68. The molecule has 1 heterocycles. The van der Waals surface area contributed by atoms with Gasteiger partial charge in [-0.2, -0.15) is 0 Å². The van der Waals surface area contributed by atoms with Gasteiger partial charge in [0.2, 0.25) is 0 Å². The molecule has 7 heteroatoms. The fraction of sp³-hybridized carbons (Fsp3) is 0.556. The first-order valence-corrected chi connectivity index (χ1v) is 5.54. The molecule has 1 atom stereocenters. The number of hydrogen-bond acceptors (Lipinski definition) is 4. The summed E-state index contributed by atoms with van der Waals surface area (Å²) in [7, 11) is 1.65. The summed E-state index contributed by atoms with van der Waals surface area (Å²) in [6.07, 6.45) is 1.76. The minimum absolute atomic E-state index is 0. The Balaban J connectivity index is 0.00000225. The number of thiazole rings is 1. The van der Waals surface area contributed by atoms with Gasteiger partial charge in [-0.1, -0.05) is 0 Å². The van der Waals surface area contributed by atoms with Crippen molar-refractivity contribution in [2.75, 3.05) is 13.7 Å². The van der Waals surface area contributed by atoms with Crippen LogP contribution in [0, 0.1) is 0 Å². The molecule has 0 saturated carbocycles. The SMILES string of the molecule is COCC(C)NC(N)=NCc1nccs1.I. The monoisotopic (exact) mass is 356 g/mol. The van der Waals surface area contributed by atoms with Gasteiger partial charge < -0.3 is 15.8 Å². The lowest BCUT2D eigenvalue weighted by Gasteiger charge is -2.12. The molecule has 0 aromatic carbocycles. The lowest BCUT2D eigenvalue weighted by Crippen LogP contribution is -2.40. The van der Waals surface area contributed by atoms with Crippen molar-refractivity contribution >= 4 is 41.3 Å². The summed E-state index contributed by atoms with van der Waals surface area (Å²) >= 11 is 1.57. The zero-order chi connectivity index (χ0) is 11.1. The van der Waals surface area contributed by atoms with Crippen LogP contribution in [0.1, 0.15) is 11.9 Å². The summed E-state index contributed by atoms with van der Waals surface area (Å²) < 4.78 is 4.97. The van der Waals surface area contributed by atoms with Gasteiger partial charge in [-0.25, -0.2) is 9.98 Å². The van der Waals surface area contributed by atoms with E-state index in [-0.39, 0.29) is 30.0 Å². The van der Waals surface area contributed by atoms with Crippen LogP contribution in [0.4, 0.5) is 0 Å². The molecule has 0 amide bonds. The Labute approximate surface area is 117 Å². The van der Waals surface area contributed by atoms with Gasteiger partial charge in [-0.15, -0.1) is 35.3 Å². The fourth-order valence-electron chi connectivity index (χ4n) is 1.07. The van der Waals surface area contributed by atoms with Gasteiger partial charge in [0.25, 0.3) is 0 Å². The van der Waals surface area contributed by atoms with E-state index in [0.717, 1.165) is 5.01 Å². The molecule has 92 valence electrons. The average molecular weight is 356 g/mol. The van der Waals surface area contributed by atoms with Crippen molar-refractivity contribution in [3.8, 4) is 0 Å². The van der Waals surface area contributed by atoms with Crippen LogP contribution in [0.25, 0.3) is 0 Å². The Morgan fingerprint density at radius 2 is 2.50 bits per heavy atom. The van der Waals surface area contributed by atoms with E-state index in [2.05, 4.69) is 15.3 Å². The van der Waals surface area contributed by atoms with Crippen molar-refractivity contribution in [3.05, 3.63) is 16.6 Å². The number of aliphatic imine (C=N–C) groups is 1. The summed E-state index contributed by atoms with van der Waals surface area (Å²) in [5, 5.41) is 5.90. The average Bonchev–Trinajstić information content (AvgIpc) is 2.67. The Morgan fingerprint density at radius 1 is 1.75 bits per heavy atom. The lowest BCUT2D eigenvalue weighted by molar-refractivity contribution is 0.179. The van der Waals surface area contributed by atoms with Crippen molar-refractivity contribution in [2.45, 2.75) is 19.5 Å². The van der Waals surface area contributed by atoms with Gasteiger partial charge >= 0.3 is 0 Å². The van der Waals surface area contributed by atoms with Gasteiger partial charge in [-0.05, 0) is 6.92 Å². The van der Waals surface area contributed by atoms with Crippen molar-refractivity contribution in [1.29, 1.82) is 0 Å². The van der Waals surface area contributed by atoms with Crippen LogP contribution < -0.4 is 11.1 Å². The number of halogens is 1. The molecule has 0 aliphatic rings. The van der Waals surface area contributed by atoms with Gasteiger partial charge in [0.05, 0.1) is 13.2 Å². The fourth-order valence-corrected chi connectivity index (χ4v) is 1.61. The first-order valence-electron chi connectivity index (χ1n) is 4.66. The topological polar surface area (TPSA) is 72.5 Å². The number of nitrogens with one attached hydrogen (secondary N) is 1. The highest BCUT2D eigenvalue weighted by Gasteiger charge is 2.01. The molecule has 0 radical (unpaired) electrons. The van der Waals surface area contributed by atoms with E-state index in [0.29, 0.717) is 19.1 Å². The summed E-state index contributed by atoms with van der Waals surface area (Å²) in [6.45, 7) is 3.11. The van der Waals surface area contributed by atoms with E-state index in [4.69, 9.17) is 10.5 Å². The molecule has 0 fully saturated rings.